The molecule has 1 unspecified atom stereocenters. The number of fused-ring (bicyclic) bond motifs is 3. The molecule has 0 aliphatic carbocycles. The van der Waals surface area contributed by atoms with Crippen LogP contribution < -0.4 is 9.64 Å². The molecule has 38 heavy (non-hydrogen) atoms. The Hall–Kier alpha value is -3.82. The summed E-state index contributed by atoms with van der Waals surface area (Å²) in [7, 11) is 0. The van der Waals surface area contributed by atoms with E-state index >= 15 is 0 Å². The van der Waals surface area contributed by atoms with Crippen LogP contribution in [0.25, 0.3) is 27.7 Å². The van der Waals surface area contributed by atoms with Gasteiger partial charge in [-0.15, -0.1) is 5.10 Å². The predicted molar refractivity (Wildman–Crippen MR) is 146 cm³/mol. The normalized spacial score (nSPS) is 20.1. The fourth-order valence-corrected chi connectivity index (χ4v) is 5.91. The molecule has 4 aromatic heterocycles. The Morgan fingerprint density at radius 3 is 2.79 bits per heavy atom. The molecule has 0 aromatic carbocycles. The van der Waals surface area contributed by atoms with Crippen molar-refractivity contribution in [1.82, 2.24) is 29.7 Å². The zero-order valence-corrected chi connectivity index (χ0v) is 22.5. The standard InChI is InChI=1S/C28H35N7O3/c1-5-37-20-14-21(24-22-16-30-31-25(22)32-35(24)17-20)19-8-9-23(29-15-19)33-13-11-28(18-33)10-6-7-12-34(28)26(36)38-27(2,3)4/h8-9,14-17H,5-7,10-13,18H2,1-4H3,(H,31,32). The van der Waals surface area contributed by atoms with Crippen molar-refractivity contribution >= 4 is 28.5 Å². The molecule has 2 saturated heterocycles. The lowest BCUT2D eigenvalue weighted by molar-refractivity contribution is -0.0103. The van der Waals surface area contributed by atoms with Crippen molar-refractivity contribution in [3.63, 3.8) is 0 Å². The summed E-state index contributed by atoms with van der Waals surface area (Å²) in [5, 5.41) is 12.7. The first-order valence-corrected chi connectivity index (χ1v) is 13.5. The number of anilines is 1. The van der Waals surface area contributed by atoms with E-state index in [1.165, 1.54) is 0 Å². The van der Waals surface area contributed by atoms with Crippen LogP contribution >= 0.6 is 0 Å². The van der Waals surface area contributed by atoms with Crippen molar-refractivity contribution in [2.24, 2.45) is 0 Å². The maximum atomic E-state index is 13.1. The average molecular weight is 518 g/mol. The van der Waals surface area contributed by atoms with Crippen molar-refractivity contribution in [1.29, 1.82) is 0 Å². The van der Waals surface area contributed by atoms with Gasteiger partial charge in [0, 0.05) is 37.0 Å². The van der Waals surface area contributed by atoms with Crippen LogP contribution in [0, 0.1) is 0 Å². The Morgan fingerprint density at radius 2 is 2.03 bits per heavy atom. The Morgan fingerprint density at radius 1 is 1.16 bits per heavy atom. The lowest BCUT2D eigenvalue weighted by Gasteiger charge is -2.44. The molecule has 0 radical (unpaired) electrons. The van der Waals surface area contributed by atoms with E-state index in [2.05, 4.69) is 32.3 Å². The third-order valence-electron chi connectivity index (χ3n) is 7.59. The lowest BCUT2D eigenvalue weighted by atomic mass is 9.86. The smallest absolute Gasteiger partial charge is 0.410 e. The zero-order chi connectivity index (χ0) is 26.5. The second-order valence-corrected chi connectivity index (χ2v) is 11.3. The Bertz CT molecular complexity index is 1470. The van der Waals surface area contributed by atoms with Crippen LogP contribution in [0.15, 0.2) is 36.8 Å². The van der Waals surface area contributed by atoms with Gasteiger partial charge in [-0.25, -0.2) is 14.3 Å². The summed E-state index contributed by atoms with van der Waals surface area (Å²) < 4.78 is 13.4. The van der Waals surface area contributed by atoms with E-state index in [9.17, 15) is 4.79 Å². The number of rotatable bonds is 4. The molecular weight excluding hydrogens is 482 g/mol. The number of aromatic amines is 1. The molecule has 2 aliphatic heterocycles. The van der Waals surface area contributed by atoms with E-state index in [0.717, 1.165) is 84.6 Å². The molecule has 0 saturated carbocycles. The molecule has 6 rings (SSSR count). The molecule has 1 spiro atoms. The van der Waals surface area contributed by atoms with Gasteiger partial charge in [0.1, 0.15) is 17.2 Å². The summed E-state index contributed by atoms with van der Waals surface area (Å²) in [4.78, 5) is 22.3. The molecule has 1 amide bonds. The summed E-state index contributed by atoms with van der Waals surface area (Å²) in [6.45, 7) is 10.7. The number of nitrogens with one attached hydrogen (secondary N) is 1. The van der Waals surface area contributed by atoms with Crippen molar-refractivity contribution in [2.45, 2.75) is 64.5 Å². The molecule has 10 nitrogen and oxygen atoms in total. The average Bonchev–Trinajstić information content (AvgIpc) is 3.58. The van der Waals surface area contributed by atoms with Gasteiger partial charge in [-0.1, -0.05) is 0 Å². The van der Waals surface area contributed by atoms with Crippen LogP contribution in [0.1, 0.15) is 53.4 Å². The van der Waals surface area contributed by atoms with Crippen molar-refractivity contribution < 1.29 is 14.3 Å². The van der Waals surface area contributed by atoms with Crippen molar-refractivity contribution in [2.75, 3.05) is 31.1 Å². The highest BCUT2D eigenvalue weighted by Crippen LogP contribution is 2.39. The van der Waals surface area contributed by atoms with Gasteiger partial charge in [0.15, 0.2) is 5.65 Å². The van der Waals surface area contributed by atoms with E-state index in [4.69, 9.17) is 14.5 Å². The number of likely N-dealkylation sites (tertiary alicyclic amines) is 1. The van der Waals surface area contributed by atoms with Gasteiger partial charge in [0.05, 0.1) is 35.4 Å². The molecular formula is C28H35N7O3. The Labute approximate surface area is 221 Å². The molecule has 0 bridgehead atoms. The van der Waals surface area contributed by atoms with Crippen LogP contribution in [0.3, 0.4) is 0 Å². The zero-order valence-electron chi connectivity index (χ0n) is 22.5. The number of carbonyl (C=O) groups excluding carboxylic acids is 1. The summed E-state index contributed by atoms with van der Waals surface area (Å²) in [6, 6.07) is 6.21. The third-order valence-corrected chi connectivity index (χ3v) is 7.59. The number of aromatic nitrogens is 5. The minimum atomic E-state index is -0.506. The van der Waals surface area contributed by atoms with Gasteiger partial charge in [-0.3, -0.25) is 5.10 Å². The molecule has 2 aliphatic rings. The van der Waals surface area contributed by atoms with Crippen molar-refractivity contribution in [3.05, 3.63) is 36.8 Å². The van der Waals surface area contributed by atoms with Crippen LogP contribution in [-0.4, -0.2) is 73.2 Å². The highest BCUT2D eigenvalue weighted by atomic mass is 16.6. The van der Waals surface area contributed by atoms with Crippen LogP contribution in [0.5, 0.6) is 5.75 Å². The number of piperidine rings is 1. The maximum absolute atomic E-state index is 13.1. The lowest BCUT2D eigenvalue weighted by Crippen LogP contribution is -2.57. The largest absolute Gasteiger partial charge is 0.492 e. The number of ether oxygens (including phenoxy) is 2. The number of nitrogens with zero attached hydrogens (tertiary/aromatic N) is 6. The van der Waals surface area contributed by atoms with E-state index in [1.807, 2.05) is 55.6 Å². The highest BCUT2D eigenvalue weighted by molar-refractivity contribution is 6.00. The minimum Gasteiger partial charge on any atom is -0.492 e. The second-order valence-electron chi connectivity index (χ2n) is 11.3. The molecule has 1 atom stereocenters. The SMILES string of the molecule is CCOc1cc(-c2ccc(N3CCC4(CCCCN4C(=O)OC(C)(C)C)C3)nc2)c2c3cn[nH]c3nn2c1. The number of pyridine rings is 2. The molecule has 1 N–H and O–H groups in total. The number of H-pyrrole nitrogens is 1. The number of hydrogen-bond donors (Lipinski definition) is 1. The molecule has 4 aromatic rings. The van der Waals surface area contributed by atoms with Gasteiger partial charge in [0.25, 0.3) is 0 Å². The third kappa shape index (κ3) is 4.31. The van der Waals surface area contributed by atoms with Crippen LogP contribution in [0.4, 0.5) is 10.6 Å². The fraction of sp³-hybridized carbons (Fsp3) is 0.500. The van der Waals surface area contributed by atoms with Crippen molar-refractivity contribution in [3.8, 4) is 16.9 Å². The topological polar surface area (TPSA) is 101 Å². The number of carbonyl (C=O) groups is 1. The monoisotopic (exact) mass is 517 g/mol. The van der Waals surface area contributed by atoms with E-state index in [0.29, 0.717) is 6.61 Å². The van der Waals surface area contributed by atoms with E-state index in [-0.39, 0.29) is 11.6 Å². The first-order chi connectivity index (χ1) is 18.3. The minimum absolute atomic E-state index is 0.202. The highest BCUT2D eigenvalue weighted by Gasteiger charge is 2.48. The number of hydrogen-bond acceptors (Lipinski definition) is 7. The number of amides is 1. The van der Waals surface area contributed by atoms with E-state index < -0.39 is 5.60 Å². The molecule has 200 valence electrons. The summed E-state index contributed by atoms with van der Waals surface area (Å²) >= 11 is 0. The maximum Gasteiger partial charge on any atom is 0.410 e. The summed E-state index contributed by atoms with van der Waals surface area (Å²) in [5.41, 5.74) is 2.94. The quantitative estimate of drug-likeness (QED) is 0.405. The first-order valence-electron chi connectivity index (χ1n) is 13.5. The van der Waals surface area contributed by atoms with Gasteiger partial charge < -0.3 is 19.3 Å². The van der Waals surface area contributed by atoms with Crippen LogP contribution in [-0.2, 0) is 4.74 Å². The van der Waals surface area contributed by atoms with Gasteiger partial charge >= 0.3 is 6.09 Å². The van der Waals surface area contributed by atoms with Gasteiger partial charge in [-0.2, -0.15) is 5.10 Å². The molecule has 10 heteroatoms. The van der Waals surface area contributed by atoms with Crippen LogP contribution in [0.2, 0.25) is 0 Å². The molecule has 2 fully saturated rings. The predicted octanol–water partition coefficient (Wildman–Crippen LogP) is 5.04. The Balaban J connectivity index is 1.28. The first kappa shape index (κ1) is 24.5. The summed E-state index contributed by atoms with van der Waals surface area (Å²) in [6.07, 6.45) is 9.45. The Kier molecular flexibility index (Phi) is 5.92. The van der Waals surface area contributed by atoms with Gasteiger partial charge in [0.2, 0.25) is 0 Å². The molecule has 6 heterocycles. The summed E-state index contributed by atoms with van der Waals surface area (Å²) in [5.74, 6) is 1.66. The van der Waals surface area contributed by atoms with E-state index in [1.54, 1.807) is 6.20 Å². The fourth-order valence-electron chi connectivity index (χ4n) is 5.91. The van der Waals surface area contributed by atoms with Gasteiger partial charge in [-0.05, 0) is 71.6 Å². The second kappa shape index (κ2) is 9.18.